The molecule has 0 unspecified atom stereocenters. The van der Waals surface area contributed by atoms with Gasteiger partial charge in [-0.1, -0.05) is 25.1 Å². The van der Waals surface area contributed by atoms with Gasteiger partial charge in [0.1, 0.15) is 10.8 Å². The van der Waals surface area contributed by atoms with Crippen LogP contribution in [0.1, 0.15) is 55.3 Å². The summed E-state index contributed by atoms with van der Waals surface area (Å²) in [6, 6.07) is 2.16. The van der Waals surface area contributed by atoms with Crippen LogP contribution in [-0.2, 0) is 12.8 Å². The van der Waals surface area contributed by atoms with Gasteiger partial charge in [-0.2, -0.15) is 0 Å². The molecule has 0 bridgehead atoms. The number of hydrogen-bond acceptors (Lipinski definition) is 3. The van der Waals surface area contributed by atoms with Gasteiger partial charge in [0.05, 0.1) is 5.56 Å². The van der Waals surface area contributed by atoms with Crippen molar-refractivity contribution in [1.82, 2.24) is 4.98 Å². The average molecular weight is 289 g/mol. The maximum absolute atomic E-state index is 5.86. The maximum atomic E-state index is 5.86. The molecule has 20 heavy (non-hydrogen) atoms. The molecule has 0 radical (unpaired) electrons. The van der Waals surface area contributed by atoms with Crippen LogP contribution in [0.4, 0.5) is 5.82 Å². The highest BCUT2D eigenvalue weighted by molar-refractivity contribution is 7.80. The van der Waals surface area contributed by atoms with Crippen molar-refractivity contribution in [2.75, 3.05) is 11.9 Å². The van der Waals surface area contributed by atoms with Crippen LogP contribution >= 0.6 is 12.2 Å². The van der Waals surface area contributed by atoms with Crippen LogP contribution in [0.25, 0.3) is 0 Å². The molecule has 1 saturated carbocycles. The van der Waals surface area contributed by atoms with Crippen LogP contribution in [0.2, 0.25) is 0 Å². The van der Waals surface area contributed by atoms with E-state index in [1.54, 1.807) is 0 Å². The van der Waals surface area contributed by atoms with E-state index in [4.69, 9.17) is 22.9 Å². The lowest BCUT2D eigenvalue weighted by molar-refractivity contribution is 0.665. The molecule has 108 valence electrons. The third kappa shape index (κ3) is 3.29. The number of aromatic nitrogens is 1. The van der Waals surface area contributed by atoms with Gasteiger partial charge in [-0.05, 0) is 56.1 Å². The van der Waals surface area contributed by atoms with E-state index in [2.05, 4.69) is 11.4 Å². The first kappa shape index (κ1) is 13.8. The highest BCUT2D eigenvalue weighted by Crippen LogP contribution is 2.33. The molecule has 3 N–H and O–H groups in total. The van der Waals surface area contributed by atoms with Gasteiger partial charge in [0.15, 0.2) is 0 Å². The molecule has 1 fully saturated rings. The average Bonchev–Trinajstić information content (AvgIpc) is 3.26. The van der Waals surface area contributed by atoms with E-state index in [0.29, 0.717) is 4.99 Å². The summed E-state index contributed by atoms with van der Waals surface area (Å²) in [5, 5.41) is 3.45. The third-order valence-corrected chi connectivity index (χ3v) is 4.56. The molecular formula is C16H23N3S. The second-order valence-corrected chi connectivity index (χ2v) is 6.51. The topological polar surface area (TPSA) is 50.9 Å². The lowest BCUT2D eigenvalue weighted by atomic mass is 9.94. The number of aryl methyl sites for hydroxylation is 2. The van der Waals surface area contributed by atoms with E-state index in [1.807, 2.05) is 0 Å². The summed E-state index contributed by atoms with van der Waals surface area (Å²) in [6.45, 7) is 0.970. The van der Waals surface area contributed by atoms with E-state index < -0.39 is 0 Å². The molecule has 0 saturated heterocycles. The molecule has 1 aromatic heterocycles. The predicted octanol–water partition coefficient (Wildman–Crippen LogP) is 3.20. The number of anilines is 1. The van der Waals surface area contributed by atoms with E-state index in [1.165, 1.54) is 49.8 Å². The molecular weight excluding hydrogens is 266 g/mol. The van der Waals surface area contributed by atoms with Crippen LogP contribution in [0.3, 0.4) is 0 Å². The fraction of sp³-hybridized carbons (Fsp3) is 0.625. The lowest BCUT2D eigenvalue weighted by Crippen LogP contribution is -2.18. The summed E-state index contributed by atoms with van der Waals surface area (Å²) in [4.78, 5) is 5.24. The Hall–Kier alpha value is -1.16. The molecule has 3 nitrogen and oxygen atoms in total. The van der Waals surface area contributed by atoms with Crippen LogP contribution in [0.15, 0.2) is 6.07 Å². The first-order valence-electron chi connectivity index (χ1n) is 7.80. The van der Waals surface area contributed by atoms with Gasteiger partial charge in [-0.25, -0.2) is 4.98 Å². The van der Waals surface area contributed by atoms with Crippen molar-refractivity contribution in [3.05, 3.63) is 22.9 Å². The normalized spacial score (nSPS) is 17.6. The van der Waals surface area contributed by atoms with Gasteiger partial charge in [-0.3, -0.25) is 0 Å². The van der Waals surface area contributed by atoms with Crippen molar-refractivity contribution in [2.45, 2.75) is 51.4 Å². The van der Waals surface area contributed by atoms with Gasteiger partial charge < -0.3 is 11.1 Å². The first-order valence-corrected chi connectivity index (χ1v) is 8.21. The predicted molar refractivity (Wildman–Crippen MR) is 87.2 cm³/mol. The third-order valence-electron chi connectivity index (χ3n) is 4.34. The van der Waals surface area contributed by atoms with E-state index >= 15 is 0 Å². The van der Waals surface area contributed by atoms with Crippen molar-refractivity contribution in [2.24, 2.45) is 11.7 Å². The number of nitrogens with one attached hydrogen (secondary N) is 1. The Morgan fingerprint density at radius 1 is 1.35 bits per heavy atom. The monoisotopic (exact) mass is 289 g/mol. The molecule has 1 aromatic rings. The Morgan fingerprint density at radius 3 is 2.90 bits per heavy atom. The zero-order valence-corrected chi connectivity index (χ0v) is 12.8. The standard InChI is InChI=1S/C16H23N3S/c17-15(20)13-10-12-5-1-2-6-14(12)19-16(13)18-9-3-4-11-7-8-11/h10-11H,1-9H2,(H2,17,20)(H,18,19). The van der Waals surface area contributed by atoms with Crippen molar-refractivity contribution < 1.29 is 0 Å². The summed E-state index contributed by atoms with van der Waals surface area (Å²) in [7, 11) is 0. The number of nitrogens with zero attached hydrogens (tertiary/aromatic N) is 1. The molecule has 0 spiro atoms. The van der Waals surface area contributed by atoms with Crippen LogP contribution < -0.4 is 11.1 Å². The van der Waals surface area contributed by atoms with Crippen molar-refractivity contribution in [1.29, 1.82) is 0 Å². The largest absolute Gasteiger partial charge is 0.389 e. The van der Waals surface area contributed by atoms with Gasteiger partial charge in [0, 0.05) is 12.2 Å². The Balaban J connectivity index is 1.70. The number of rotatable bonds is 6. The van der Waals surface area contributed by atoms with E-state index in [-0.39, 0.29) is 0 Å². The van der Waals surface area contributed by atoms with Crippen molar-refractivity contribution in [3.63, 3.8) is 0 Å². The molecule has 0 atom stereocenters. The van der Waals surface area contributed by atoms with Crippen LogP contribution in [-0.4, -0.2) is 16.5 Å². The molecule has 0 aromatic carbocycles. The lowest BCUT2D eigenvalue weighted by Gasteiger charge is -2.19. The highest BCUT2D eigenvalue weighted by Gasteiger charge is 2.20. The van der Waals surface area contributed by atoms with Crippen molar-refractivity contribution >= 4 is 23.0 Å². The second kappa shape index (κ2) is 6.08. The summed E-state index contributed by atoms with van der Waals surface area (Å²) >= 11 is 5.18. The van der Waals surface area contributed by atoms with Crippen molar-refractivity contribution in [3.8, 4) is 0 Å². The minimum absolute atomic E-state index is 0.454. The summed E-state index contributed by atoms with van der Waals surface area (Å²) < 4.78 is 0. The first-order chi connectivity index (χ1) is 9.74. The molecule has 3 rings (SSSR count). The van der Waals surface area contributed by atoms with Gasteiger partial charge >= 0.3 is 0 Å². The smallest absolute Gasteiger partial charge is 0.136 e. The Labute approximate surface area is 126 Å². The van der Waals surface area contributed by atoms with Crippen LogP contribution in [0.5, 0.6) is 0 Å². The fourth-order valence-electron chi connectivity index (χ4n) is 2.96. The van der Waals surface area contributed by atoms with E-state index in [9.17, 15) is 0 Å². The number of pyridine rings is 1. The number of thiocarbonyl (C=S) groups is 1. The van der Waals surface area contributed by atoms with Gasteiger partial charge in [0.2, 0.25) is 0 Å². The second-order valence-electron chi connectivity index (χ2n) is 6.07. The highest BCUT2D eigenvalue weighted by atomic mass is 32.1. The Kier molecular flexibility index (Phi) is 4.20. The molecule has 0 amide bonds. The number of fused-ring (bicyclic) bond motifs is 1. The minimum Gasteiger partial charge on any atom is -0.389 e. The summed E-state index contributed by atoms with van der Waals surface area (Å²) in [6.07, 6.45) is 10.1. The molecule has 2 aliphatic carbocycles. The summed E-state index contributed by atoms with van der Waals surface area (Å²) in [5.74, 6) is 1.89. The molecule has 4 heteroatoms. The molecule has 1 heterocycles. The molecule has 0 aliphatic heterocycles. The fourth-order valence-corrected chi connectivity index (χ4v) is 3.12. The van der Waals surface area contributed by atoms with E-state index in [0.717, 1.165) is 36.7 Å². The zero-order chi connectivity index (χ0) is 13.9. The Bertz CT molecular complexity index is 509. The number of nitrogens with two attached hydrogens (primary N) is 1. The minimum atomic E-state index is 0.454. The zero-order valence-electron chi connectivity index (χ0n) is 12.0. The Morgan fingerprint density at radius 2 is 2.15 bits per heavy atom. The SMILES string of the molecule is NC(=S)c1cc2c(nc1NCCCC1CC1)CCCC2. The van der Waals surface area contributed by atoms with Gasteiger partial charge in [0.25, 0.3) is 0 Å². The maximum Gasteiger partial charge on any atom is 0.136 e. The van der Waals surface area contributed by atoms with Crippen LogP contribution in [0, 0.1) is 5.92 Å². The van der Waals surface area contributed by atoms with Gasteiger partial charge in [-0.15, -0.1) is 0 Å². The quantitative estimate of drug-likeness (QED) is 0.624. The number of hydrogen-bond donors (Lipinski definition) is 2. The summed E-state index contributed by atoms with van der Waals surface area (Å²) in [5.41, 5.74) is 9.36. The molecule has 2 aliphatic rings.